The van der Waals surface area contributed by atoms with Crippen molar-refractivity contribution in [2.24, 2.45) is 5.41 Å². The molecule has 0 amide bonds. The number of aliphatic hydroxyl groups is 1. The molecule has 1 aliphatic carbocycles. The van der Waals surface area contributed by atoms with Gasteiger partial charge in [0.1, 0.15) is 17.7 Å². The van der Waals surface area contributed by atoms with E-state index >= 15 is 0 Å². The summed E-state index contributed by atoms with van der Waals surface area (Å²) < 4.78 is 14.9. The molecule has 4 rings (SSSR count). The Morgan fingerprint density at radius 3 is 2.29 bits per heavy atom. The van der Waals surface area contributed by atoms with Crippen LogP contribution in [-0.2, 0) is 11.0 Å². The zero-order valence-electron chi connectivity index (χ0n) is 17.7. The van der Waals surface area contributed by atoms with Gasteiger partial charge in [-0.15, -0.1) is 0 Å². The summed E-state index contributed by atoms with van der Waals surface area (Å²) in [5.74, 6) is -0.398. The standard InChI is InChI=1S/C25H23ClFN3O/c1-23(2,3)25(31,18-12-29-15-30-13-18)20-7-4-16(10-21(20)26)19-6-5-17(11-22(19)27)24(14-28)8-9-24/h4-7,10-13,15,31H,8-9H2,1-3H3. The Morgan fingerprint density at radius 1 is 1.10 bits per heavy atom. The Morgan fingerprint density at radius 2 is 1.77 bits per heavy atom. The first-order valence-electron chi connectivity index (χ1n) is 10.1. The van der Waals surface area contributed by atoms with Gasteiger partial charge in [-0.25, -0.2) is 14.4 Å². The van der Waals surface area contributed by atoms with Gasteiger partial charge in [0.2, 0.25) is 0 Å². The minimum atomic E-state index is -1.45. The van der Waals surface area contributed by atoms with Crippen LogP contribution >= 0.6 is 11.6 Å². The quantitative estimate of drug-likeness (QED) is 0.564. The van der Waals surface area contributed by atoms with Crippen LogP contribution in [-0.4, -0.2) is 15.1 Å². The lowest BCUT2D eigenvalue weighted by molar-refractivity contribution is -0.0264. The molecule has 0 spiro atoms. The van der Waals surface area contributed by atoms with E-state index < -0.39 is 22.2 Å². The maximum Gasteiger partial charge on any atom is 0.131 e. The molecule has 6 heteroatoms. The van der Waals surface area contributed by atoms with Crippen LogP contribution in [0.1, 0.15) is 50.3 Å². The summed E-state index contributed by atoms with van der Waals surface area (Å²) in [4.78, 5) is 8.10. The average molecular weight is 436 g/mol. The minimum absolute atomic E-state index is 0.318. The van der Waals surface area contributed by atoms with Crippen LogP contribution in [0.2, 0.25) is 5.02 Å². The maximum atomic E-state index is 14.9. The van der Waals surface area contributed by atoms with Crippen molar-refractivity contribution in [2.75, 3.05) is 0 Å². The third kappa shape index (κ3) is 3.50. The molecular weight excluding hydrogens is 413 g/mol. The number of halogens is 2. The monoisotopic (exact) mass is 435 g/mol. The van der Waals surface area contributed by atoms with Gasteiger partial charge < -0.3 is 5.11 Å². The topological polar surface area (TPSA) is 69.8 Å². The van der Waals surface area contributed by atoms with Gasteiger partial charge in [-0.2, -0.15) is 5.26 Å². The fraction of sp³-hybridized carbons (Fsp3) is 0.320. The van der Waals surface area contributed by atoms with Gasteiger partial charge in [0.05, 0.1) is 11.5 Å². The molecule has 3 aromatic rings. The van der Waals surface area contributed by atoms with E-state index in [0.29, 0.717) is 32.8 Å². The van der Waals surface area contributed by atoms with Gasteiger partial charge in [0.25, 0.3) is 0 Å². The first-order chi connectivity index (χ1) is 14.6. The zero-order valence-corrected chi connectivity index (χ0v) is 18.4. The van der Waals surface area contributed by atoms with E-state index in [4.69, 9.17) is 11.6 Å². The summed E-state index contributed by atoms with van der Waals surface area (Å²) >= 11 is 6.64. The van der Waals surface area contributed by atoms with Gasteiger partial charge in [-0.3, -0.25) is 0 Å². The highest BCUT2D eigenvalue weighted by Crippen LogP contribution is 2.49. The molecular formula is C25H23ClFN3O. The summed E-state index contributed by atoms with van der Waals surface area (Å²) in [5.41, 5.74) is 0.126. The lowest BCUT2D eigenvalue weighted by Gasteiger charge is -2.41. The van der Waals surface area contributed by atoms with Crippen molar-refractivity contribution in [3.05, 3.63) is 82.6 Å². The number of rotatable bonds is 4. The molecule has 1 heterocycles. The Kier molecular flexibility index (Phi) is 5.12. The number of benzene rings is 2. The molecule has 4 nitrogen and oxygen atoms in total. The molecule has 0 aliphatic heterocycles. The Bertz CT molecular complexity index is 1180. The Labute approximate surface area is 186 Å². The average Bonchev–Trinajstić information content (AvgIpc) is 3.54. The van der Waals surface area contributed by atoms with Gasteiger partial charge in [-0.05, 0) is 41.5 Å². The zero-order chi connectivity index (χ0) is 22.4. The largest absolute Gasteiger partial charge is 0.380 e. The van der Waals surface area contributed by atoms with Crippen molar-refractivity contribution in [1.29, 1.82) is 5.26 Å². The number of nitriles is 1. The van der Waals surface area contributed by atoms with Crippen LogP contribution in [0.25, 0.3) is 11.1 Å². The smallest absolute Gasteiger partial charge is 0.131 e. The molecule has 31 heavy (non-hydrogen) atoms. The highest BCUT2D eigenvalue weighted by Gasteiger charge is 2.46. The first kappa shape index (κ1) is 21.4. The third-order valence-corrected chi connectivity index (χ3v) is 6.53. The molecule has 1 saturated carbocycles. The van der Waals surface area contributed by atoms with Crippen LogP contribution in [0, 0.1) is 22.6 Å². The predicted octanol–water partition coefficient (Wildman–Crippen LogP) is 5.77. The molecule has 1 atom stereocenters. The summed E-state index contributed by atoms with van der Waals surface area (Å²) in [5, 5.41) is 21.5. The maximum absolute atomic E-state index is 14.9. The summed E-state index contributed by atoms with van der Waals surface area (Å²) in [6.07, 6.45) is 6.07. The van der Waals surface area contributed by atoms with E-state index in [1.807, 2.05) is 26.8 Å². The van der Waals surface area contributed by atoms with Crippen molar-refractivity contribution >= 4 is 11.6 Å². The molecule has 1 N–H and O–H groups in total. The van der Waals surface area contributed by atoms with E-state index in [9.17, 15) is 14.8 Å². The number of hydrogen-bond donors (Lipinski definition) is 1. The molecule has 158 valence electrons. The molecule has 1 unspecified atom stereocenters. The molecule has 0 saturated heterocycles. The van der Waals surface area contributed by atoms with Crippen molar-refractivity contribution in [3.63, 3.8) is 0 Å². The van der Waals surface area contributed by atoms with Crippen molar-refractivity contribution in [1.82, 2.24) is 9.97 Å². The Balaban J connectivity index is 1.77. The second-order valence-electron chi connectivity index (χ2n) is 9.17. The van der Waals surface area contributed by atoms with Gasteiger partial charge in [0.15, 0.2) is 0 Å². The van der Waals surface area contributed by atoms with Gasteiger partial charge in [-0.1, -0.05) is 56.6 Å². The van der Waals surface area contributed by atoms with Gasteiger partial charge in [0, 0.05) is 34.1 Å². The van der Waals surface area contributed by atoms with Crippen LogP contribution in [0.15, 0.2) is 55.1 Å². The fourth-order valence-corrected chi connectivity index (χ4v) is 4.41. The predicted molar refractivity (Wildman–Crippen MR) is 118 cm³/mol. The molecule has 0 bridgehead atoms. The van der Waals surface area contributed by atoms with E-state index in [1.54, 1.807) is 36.7 Å². The van der Waals surface area contributed by atoms with Crippen LogP contribution in [0.4, 0.5) is 4.39 Å². The fourth-order valence-electron chi connectivity index (χ4n) is 4.09. The summed E-state index contributed by atoms with van der Waals surface area (Å²) in [6.45, 7) is 5.72. The lowest BCUT2D eigenvalue weighted by atomic mass is 9.69. The number of nitrogens with zero attached hydrogens (tertiary/aromatic N) is 3. The number of aromatic nitrogens is 2. The van der Waals surface area contributed by atoms with Crippen LogP contribution < -0.4 is 0 Å². The summed E-state index contributed by atoms with van der Waals surface area (Å²) in [7, 11) is 0. The summed E-state index contributed by atoms with van der Waals surface area (Å²) in [6, 6.07) is 12.4. The minimum Gasteiger partial charge on any atom is -0.380 e. The number of hydrogen-bond acceptors (Lipinski definition) is 4. The second kappa shape index (κ2) is 7.40. The first-order valence-corrected chi connectivity index (χ1v) is 10.5. The normalized spacial score (nSPS) is 16.9. The highest BCUT2D eigenvalue weighted by molar-refractivity contribution is 6.31. The molecule has 0 radical (unpaired) electrons. The van der Waals surface area contributed by atoms with Crippen molar-refractivity contribution in [2.45, 2.75) is 44.6 Å². The van der Waals surface area contributed by atoms with Gasteiger partial charge >= 0.3 is 0 Å². The van der Waals surface area contributed by atoms with Crippen molar-refractivity contribution in [3.8, 4) is 17.2 Å². The van der Waals surface area contributed by atoms with Crippen LogP contribution in [0.5, 0.6) is 0 Å². The SMILES string of the molecule is CC(C)(C)C(O)(c1cncnc1)c1ccc(-c2ccc(C3(C#N)CC3)cc2F)cc1Cl. The van der Waals surface area contributed by atoms with E-state index in [-0.39, 0.29) is 0 Å². The molecule has 1 aliphatic rings. The van der Waals surface area contributed by atoms with E-state index in [1.165, 1.54) is 12.4 Å². The van der Waals surface area contributed by atoms with Crippen molar-refractivity contribution < 1.29 is 9.50 Å². The molecule has 1 aromatic heterocycles. The lowest BCUT2D eigenvalue weighted by Crippen LogP contribution is -2.41. The molecule has 1 fully saturated rings. The van der Waals surface area contributed by atoms with E-state index in [0.717, 1.165) is 12.8 Å². The molecule has 2 aromatic carbocycles. The third-order valence-electron chi connectivity index (χ3n) is 6.22. The van der Waals surface area contributed by atoms with E-state index in [2.05, 4.69) is 16.0 Å². The highest BCUT2D eigenvalue weighted by atomic mass is 35.5. The van der Waals surface area contributed by atoms with Crippen LogP contribution in [0.3, 0.4) is 0 Å². The second-order valence-corrected chi connectivity index (χ2v) is 9.58. The Hall–Kier alpha value is -2.81.